The van der Waals surface area contributed by atoms with E-state index in [4.69, 9.17) is 0 Å². The van der Waals surface area contributed by atoms with E-state index < -0.39 is 11.7 Å². The van der Waals surface area contributed by atoms with Crippen LogP contribution in [0.1, 0.15) is 28.9 Å². The second kappa shape index (κ2) is 8.73. The van der Waals surface area contributed by atoms with Gasteiger partial charge in [-0.25, -0.2) is 0 Å². The smallest absolute Gasteiger partial charge is 0.356 e. The van der Waals surface area contributed by atoms with Gasteiger partial charge in [0.25, 0.3) is 0 Å². The molecule has 0 radical (unpaired) electrons. The van der Waals surface area contributed by atoms with Crippen molar-refractivity contribution in [3.05, 3.63) is 52.8 Å². The first-order valence-corrected chi connectivity index (χ1v) is 8.41. The molecule has 5 nitrogen and oxygen atoms in total. The Balaban J connectivity index is 1.74. The van der Waals surface area contributed by atoms with Crippen LogP contribution in [-0.4, -0.2) is 29.3 Å². The molecule has 0 fully saturated rings. The van der Waals surface area contributed by atoms with Gasteiger partial charge < -0.3 is 10.6 Å². The molecule has 1 heterocycles. The third-order valence-electron chi connectivity index (χ3n) is 3.91. The molecule has 0 aliphatic rings. The van der Waals surface area contributed by atoms with Crippen molar-refractivity contribution in [1.82, 2.24) is 20.4 Å². The summed E-state index contributed by atoms with van der Waals surface area (Å²) in [5, 5.41) is 10.7. The Morgan fingerprint density at radius 2 is 1.85 bits per heavy atom. The normalized spacial score (nSPS) is 12.3. The maximum Gasteiger partial charge on any atom is 0.416 e. The summed E-state index contributed by atoms with van der Waals surface area (Å²) in [4.78, 5) is 4.12. The number of aromatic nitrogens is 2. The van der Waals surface area contributed by atoms with E-state index in [1.165, 1.54) is 12.1 Å². The van der Waals surface area contributed by atoms with Gasteiger partial charge in [0.1, 0.15) is 0 Å². The van der Waals surface area contributed by atoms with Crippen LogP contribution in [-0.2, 0) is 19.3 Å². The van der Waals surface area contributed by atoms with Crippen molar-refractivity contribution in [3.63, 3.8) is 0 Å². The lowest BCUT2D eigenvalue weighted by atomic mass is 10.1. The van der Waals surface area contributed by atoms with Crippen molar-refractivity contribution in [1.29, 1.82) is 0 Å². The van der Waals surface area contributed by atoms with Crippen molar-refractivity contribution in [2.75, 3.05) is 13.6 Å². The van der Waals surface area contributed by atoms with Crippen molar-refractivity contribution >= 4 is 5.96 Å². The fourth-order valence-electron chi connectivity index (χ4n) is 2.55. The molecule has 0 saturated heterocycles. The van der Waals surface area contributed by atoms with Gasteiger partial charge in [0.15, 0.2) is 5.96 Å². The van der Waals surface area contributed by atoms with Crippen molar-refractivity contribution in [2.24, 2.45) is 4.99 Å². The highest BCUT2D eigenvalue weighted by atomic mass is 19.4. The van der Waals surface area contributed by atoms with Gasteiger partial charge in [-0.2, -0.15) is 18.3 Å². The molecule has 1 aromatic carbocycles. The molecule has 0 unspecified atom stereocenters. The molecule has 0 atom stereocenters. The summed E-state index contributed by atoms with van der Waals surface area (Å²) in [5.41, 5.74) is 2.24. The van der Waals surface area contributed by atoms with E-state index in [9.17, 15) is 13.2 Å². The van der Waals surface area contributed by atoms with Crippen LogP contribution in [0.3, 0.4) is 0 Å². The molecular weight excluding hydrogens is 343 g/mol. The third-order valence-corrected chi connectivity index (χ3v) is 3.91. The molecule has 0 aliphatic carbocycles. The zero-order valence-corrected chi connectivity index (χ0v) is 15.2. The van der Waals surface area contributed by atoms with E-state index in [0.717, 1.165) is 42.0 Å². The summed E-state index contributed by atoms with van der Waals surface area (Å²) < 4.78 is 39.6. The Morgan fingerprint density at radius 3 is 2.38 bits per heavy atom. The van der Waals surface area contributed by atoms with E-state index >= 15 is 0 Å². The molecule has 0 spiro atoms. The Labute approximate surface area is 151 Å². The number of nitrogens with one attached hydrogen (secondary N) is 2. The Hall–Kier alpha value is -2.51. The predicted molar refractivity (Wildman–Crippen MR) is 96.0 cm³/mol. The van der Waals surface area contributed by atoms with Crippen LogP contribution in [0.15, 0.2) is 35.3 Å². The third kappa shape index (κ3) is 5.79. The van der Waals surface area contributed by atoms with E-state index in [-0.39, 0.29) is 0 Å². The highest BCUT2D eigenvalue weighted by Crippen LogP contribution is 2.28. The fraction of sp³-hybridized carbons (Fsp3) is 0.444. The first-order chi connectivity index (χ1) is 12.3. The highest BCUT2D eigenvalue weighted by molar-refractivity contribution is 5.79. The van der Waals surface area contributed by atoms with Gasteiger partial charge in [-0.15, -0.1) is 0 Å². The average Bonchev–Trinajstić information content (AvgIpc) is 2.91. The summed E-state index contributed by atoms with van der Waals surface area (Å²) in [6.45, 7) is 5.91. The molecule has 8 heteroatoms. The van der Waals surface area contributed by atoms with Crippen molar-refractivity contribution < 1.29 is 13.2 Å². The number of hydrogen-bond acceptors (Lipinski definition) is 2. The molecule has 0 saturated carbocycles. The van der Waals surface area contributed by atoms with Crippen LogP contribution in [0.4, 0.5) is 13.2 Å². The van der Waals surface area contributed by atoms with Gasteiger partial charge in [0.2, 0.25) is 0 Å². The van der Waals surface area contributed by atoms with E-state index in [1.54, 1.807) is 7.05 Å². The summed E-state index contributed by atoms with van der Waals surface area (Å²) in [6.07, 6.45) is -3.43. The standard InChI is InChI=1S/C18H24F3N5/c1-13-11-14(2)26(25-13)10-4-9-23-17(22-3)24-12-15-5-7-16(8-6-15)18(19,20)21/h5-8,11H,4,9-10,12H2,1-3H3,(H2,22,23,24). The van der Waals surface area contributed by atoms with Gasteiger partial charge in [-0.3, -0.25) is 9.67 Å². The van der Waals surface area contributed by atoms with Crippen LogP contribution >= 0.6 is 0 Å². The van der Waals surface area contributed by atoms with Crippen LogP contribution in [0, 0.1) is 13.8 Å². The molecule has 0 amide bonds. The molecule has 2 N–H and O–H groups in total. The number of nitrogens with zero attached hydrogens (tertiary/aromatic N) is 3. The van der Waals surface area contributed by atoms with Gasteiger partial charge >= 0.3 is 6.18 Å². The second-order valence-electron chi connectivity index (χ2n) is 6.05. The molecule has 142 valence electrons. The monoisotopic (exact) mass is 367 g/mol. The number of alkyl halides is 3. The molecular formula is C18H24F3N5. The topological polar surface area (TPSA) is 54.2 Å². The minimum Gasteiger partial charge on any atom is -0.356 e. The van der Waals surface area contributed by atoms with E-state index in [2.05, 4.69) is 20.7 Å². The first-order valence-electron chi connectivity index (χ1n) is 8.41. The lowest BCUT2D eigenvalue weighted by Gasteiger charge is -2.13. The fourth-order valence-corrected chi connectivity index (χ4v) is 2.55. The molecule has 26 heavy (non-hydrogen) atoms. The van der Waals surface area contributed by atoms with E-state index in [0.29, 0.717) is 19.0 Å². The predicted octanol–water partition coefficient (Wildman–Crippen LogP) is 3.27. The SMILES string of the molecule is CN=C(NCCCn1nc(C)cc1C)NCc1ccc(C(F)(F)F)cc1. The Morgan fingerprint density at radius 1 is 1.15 bits per heavy atom. The molecule has 0 aliphatic heterocycles. The quantitative estimate of drug-likeness (QED) is 0.468. The van der Waals surface area contributed by atoms with Crippen LogP contribution in [0.2, 0.25) is 0 Å². The van der Waals surface area contributed by atoms with Gasteiger partial charge in [-0.05, 0) is 44.0 Å². The van der Waals surface area contributed by atoms with Crippen LogP contribution in [0.5, 0.6) is 0 Å². The number of aryl methyl sites for hydroxylation is 3. The average molecular weight is 367 g/mol. The van der Waals surface area contributed by atoms with Gasteiger partial charge in [0.05, 0.1) is 11.3 Å². The summed E-state index contributed by atoms with van der Waals surface area (Å²) >= 11 is 0. The second-order valence-corrected chi connectivity index (χ2v) is 6.05. The number of halogens is 3. The zero-order valence-electron chi connectivity index (χ0n) is 15.2. The van der Waals surface area contributed by atoms with Gasteiger partial charge in [0, 0.05) is 32.4 Å². The number of rotatable bonds is 6. The summed E-state index contributed by atoms with van der Waals surface area (Å²) in [5.74, 6) is 0.610. The zero-order chi connectivity index (χ0) is 19.2. The summed E-state index contributed by atoms with van der Waals surface area (Å²) in [7, 11) is 1.66. The van der Waals surface area contributed by atoms with E-state index in [1.807, 2.05) is 24.6 Å². The molecule has 0 bridgehead atoms. The minimum atomic E-state index is -4.31. The number of hydrogen-bond donors (Lipinski definition) is 2. The number of aliphatic imine (C=N–C) groups is 1. The lowest BCUT2D eigenvalue weighted by molar-refractivity contribution is -0.137. The number of benzene rings is 1. The maximum atomic E-state index is 12.6. The van der Waals surface area contributed by atoms with Gasteiger partial charge in [-0.1, -0.05) is 12.1 Å². The highest BCUT2D eigenvalue weighted by Gasteiger charge is 2.29. The number of guanidine groups is 1. The van der Waals surface area contributed by atoms with Crippen molar-refractivity contribution in [2.45, 2.75) is 39.5 Å². The Kier molecular flexibility index (Phi) is 6.65. The molecule has 2 rings (SSSR count). The molecule has 1 aromatic heterocycles. The Bertz CT molecular complexity index is 732. The minimum absolute atomic E-state index is 0.398. The summed E-state index contributed by atoms with van der Waals surface area (Å²) in [6, 6.07) is 7.14. The maximum absolute atomic E-state index is 12.6. The largest absolute Gasteiger partial charge is 0.416 e. The lowest BCUT2D eigenvalue weighted by Crippen LogP contribution is -2.37. The molecule has 2 aromatic rings. The van der Waals surface area contributed by atoms with Crippen LogP contribution in [0.25, 0.3) is 0 Å². The van der Waals surface area contributed by atoms with Crippen LogP contribution < -0.4 is 10.6 Å². The van der Waals surface area contributed by atoms with Crippen molar-refractivity contribution in [3.8, 4) is 0 Å². The first kappa shape index (κ1) is 19.8.